The Bertz CT molecular complexity index is 449. The van der Waals surface area contributed by atoms with Gasteiger partial charge in [-0.2, -0.15) is 0 Å². The fourth-order valence-corrected chi connectivity index (χ4v) is 1.64. The Kier molecular flexibility index (Phi) is 6.45. The minimum absolute atomic E-state index is 0.0907. The number of nitrogens with one attached hydrogen (secondary N) is 1. The third-order valence-corrected chi connectivity index (χ3v) is 3.12. The summed E-state index contributed by atoms with van der Waals surface area (Å²) in [5.74, 6) is -0.461. The number of hydrogen-bond donors (Lipinski definition) is 1. The molecule has 0 saturated heterocycles. The number of amides is 1. The normalized spacial score (nSPS) is 10.7. The lowest BCUT2D eigenvalue weighted by molar-refractivity contribution is -0.133. The zero-order chi connectivity index (χ0) is 15.1. The van der Waals surface area contributed by atoms with Crippen molar-refractivity contribution in [2.24, 2.45) is 0 Å². The maximum absolute atomic E-state index is 13.8. The molecule has 0 aliphatic rings. The van der Waals surface area contributed by atoms with E-state index < -0.39 is 5.82 Å². The molecule has 1 rings (SSSR count). The van der Waals surface area contributed by atoms with Crippen molar-refractivity contribution in [3.63, 3.8) is 0 Å². The monoisotopic (exact) mass is 282 g/mol. The van der Waals surface area contributed by atoms with Crippen molar-refractivity contribution in [3.05, 3.63) is 29.6 Å². The van der Waals surface area contributed by atoms with Crippen molar-refractivity contribution in [3.8, 4) is 5.75 Å². The van der Waals surface area contributed by atoms with E-state index in [2.05, 4.69) is 5.32 Å². The molecule has 20 heavy (non-hydrogen) atoms. The van der Waals surface area contributed by atoms with Gasteiger partial charge in [0, 0.05) is 25.2 Å². The van der Waals surface area contributed by atoms with Gasteiger partial charge in [0.05, 0.1) is 0 Å². The molecule has 1 aromatic rings. The predicted molar refractivity (Wildman–Crippen MR) is 77.2 cm³/mol. The molecule has 112 valence electrons. The lowest BCUT2D eigenvalue weighted by atomic mass is 10.2. The number of carbonyl (C=O) groups excluding carboxylic acids is 1. The van der Waals surface area contributed by atoms with Crippen LogP contribution in [0.4, 0.5) is 4.39 Å². The first kappa shape index (κ1) is 16.4. The SMILES string of the molecule is CCNCc1cccc(F)c1OCC(=O)N(C)C(C)C. The lowest BCUT2D eigenvalue weighted by Crippen LogP contribution is -2.36. The van der Waals surface area contributed by atoms with E-state index in [0.29, 0.717) is 12.1 Å². The van der Waals surface area contributed by atoms with Crippen LogP contribution in [0.5, 0.6) is 5.75 Å². The summed E-state index contributed by atoms with van der Waals surface area (Å²) in [5, 5.41) is 3.12. The molecule has 0 spiro atoms. The Morgan fingerprint density at radius 2 is 2.15 bits per heavy atom. The average Bonchev–Trinajstić information content (AvgIpc) is 2.42. The molecule has 0 aliphatic heterocycles. The Labute approximate surface area is 119 Å². The maximum Gasteiger partial charge on any atom is 0.260 e. The molecule has 1 N–H and O–H groups in total. The molecule has 0 aromatic heterocycles. The highest BCUT2D eigenvalue weighted by atomic mass is 19.1. The van der Waals surface area contributed by atoms with Crippen LogP contribution in [0.3, 0.4) is 0 Å². The van der Waals surface area contributed by atoms with Gasteiger partial charge in [-0.25, -0.2) is 4.39 Å². The highest BCUT2D eigenvalue weighted by molar-refractivity contribution is 5.77. The summed E-state index contributed by atoms with van der Waals surface area (Å²) < 4.78 is 19.2. The Morgan fingerprint density at radius 1 is 1.45 bits per heavy atom. The molecular formula is C15H23FN2O2. The molecular weight excluding hydrogens is 259 g/mol. The Balaban J connectivity index is 2.73. The highest BCUT2D eigenvalue weighted by Crippen LogP contribution is 2.22. The first-order valence-electron chi connectivity index (χ1n) is 6.83. The van der Waals surface area contributed by atoms with Crippen LogP contribution in [-0.4, -0.2) is 37.0 Å². The molecule has 0 aliphatic carbocycles. The third kappa shape index (κ3) is 4.49. The number of nitrogens with zero attached hydrogens (tertiary/aromatic N) is 1. The summed E-state index contributed by atoms with van der Waals surface area (Å²) in [6.07, 6.45) is 0. The first-order valence-corrected chi connectivity index (χ1v) is 6.83. The standard InChI is InChI=1S/C15H23FN2O2/c1-5-17-9-12-7-6-8-13(16)15(12)20-10-14(19)18(4)11(2)3/h6-8,11,17H,5,9-10H2,1-4H3. The summed E-state index contributed by atoms with van der Waals surface area (Å²) >= 11 is 0. The quantitative estimate of drug-likeness (QED) is 0.833. The zero-order valence-electron chi connectivity index (χ0n) is 12.6. The van der Waals surface area contributed by atoms with Crippen molar-refractivity contribution >= 4 is 5.91 Å². The number of halogens is 1. The topological polar surface area (TPSA) is 41.6 Å². The molecule has 0 bridgehead atoms. The van der Waals surface area contributed by atoms with Crippen molar-refractivity contribution in [1.29, 1.82) is 0 Å². The van der Waals surface area contributed by atoms with Crippen LogP contribution >= 0.6 is 0 Å². The summed E-state index contributed by atoms with van der Waals surface area (Å²) in [6, 6.07) is 4.85. The number of para-hydroxylation sites is 1. The number of hydrogen-bond acceptors (Lipinski definition) is 3. The van der Waals surface area contributed by atoms with Crippen LogP contribution in [0.25, 0.3) is 0 Å². The Morgan fingerprint density at radius 3 is 2.75 bits per heavy atom. The van der Waals surface area contributed by atoms with Gasteiger partial charge in [0.25, 0.3) is 5.91 Å². The highest BCUT2D eigenvalue weighted by Gasteiger charge is 2.15. The molecule has 0 heterocycles. The number of likely N-dealkylation sites (N-methyl/N-ethyl adjacent to an activating group) is 1. The molecule has 0 atom stereocenters. The van der Waals surface area contributed by atoms with E-state index in [1.165, 1.54) is 6.07 Å². The molecule has 4 nitrogen and oxygen atoms in total. The molecule has 1 amide bonds. The number of rotatable bonds is 7. The summed E-state index contributed by atoms with van der Waals surface area (Å²) in [5.41, 5.74) is 0.715. The van der Waals surface area contributed by atoms with Gasteiger partial charge in [0.1, 0.15) is 0 Å². The molecule has 0 fully saturated rings. The van der Waals surface area contributed by atoms with Crippen molar-refractivity contribution < 1.29 is 13.9 Å². The fourth-order valence-electron chi connectivity index (χ4n) is 1.64. The minimum Gasteiger partial charge on any atom is -0.480 e. The number of ether oxygens (including phenoxy) is 1. The Hall–Kier alpha value is -1.62. The van der Waals surface area contributed by atoms with Crippen LogP contribution in [-0.2, 0) is 11.3 Å². The van der Waals surface area contributed by atoms with Crippen LogP contribution in [0.2, 0.25) is 0 Å². The molecule has 5 heteroatoms. The van der Waals surface area contributed by atoms with E-state index in [9.17, 15) is 9.18 Å². The fraction of sp³-hybridized carbons (Fsp3) is 0.533. The van der Waals surface area contributed by atoms with Crippen LogP contribution in [0.1, 0.15) is 26.3 Å². The van der Waals surface area contributed by atoms with Gasteiger partial charge in [0.2, 0.25) is 0 Å². The number of benzene rings is 1. The van der Waals surface area contributed by atoms with Gasteiger partial charge < -0.3 is 15.0 Å². The van der Waals surface area contributed by atoms with Crippen molar-refractivity contribution in [2.75, 3.05) is 20.2 Å². The van der Waals surface area contributed by atoms with Gasteiger partial charge in [-0.1, -0.05) is 19.1 Å². The van der Waals surface area contributed by atoms with E-state index in [1.54, 1.807) is 24.1 Å². The first-order chi connectivity index (χ1) is 9.47. The smallest absolute Gasteiger partial charge is 0.260 e. The lowest BCUT2D eigenvalue weighted by Gasteiger charge is -2.22. The molecule has 0 saturated carbocycles. The van der Waals surface area contributed by atoms with Gasteiger partial charge in [-0.05, 0) is 26.5 Å². The van der Waals surface area contributed by atoms with E-state index in [-0.39, 0.29) is 24.3 Å². The van der Waals surface area contributed by atoms with Crippen LogP contribution in [0, 0.1) is 5.82 Å². The maximum atomic E-state index is 13.8. The second-order valence-electron chi connectivity index (χ2n) is 4.90. The van der Waals surface area contributed by atoms with Crippen molar-refractivity contribution in [1.82, 2.24) is 10.2 Å². The largest absolute Gasteiger partial charge is 0.480 e. The minimum atomic E-state index is -0.444. The summed E-state index contributed by atoms with van der Waals surface area (Å²) in [6.45, 7) is 6.94. The second kappa shape index (κ2) is 7.85. The zero-order valence-corrected chi connectivity index (χ0v) is 12.6. The molecule has 1 aromatic carbocycles. The predicted octanol–water partition coefficient (Wildman–Crippen LogP) is 2.18. The van der Waals surface area contributed by atoms with E-state index >= 15 is 0 Å². The van der Waals surface area contributed by atoms with Gasteiger partial charge in [0.15, 0.2) is 18.2 Å². The van der Waals surface area contributed by atoms with Crippen LogP contribution in [0.15, 0.2) is 18.2 Å². The van der Waals surface area contributed by atoms with Gasteiger partial charge in [-0.3, -0.25) is 4.79 Å². The van der Waals surface area contributed by atoms with E-state index in [1.807, 2.05) is 20.8 Å². The van der Waals surface area contributed by atoms with Gasteiger partial charge >= 0.3 is 0 Å². The average molecular weight is 282 g/mol. The third-order valence-electron chi connectivity index (χ3n) is 3.12. The summed E-state index contributed by atoms with van der Waals surface area (Å²) in [7, 11) is 1.71. The van der Waals surface area contributed by atoms with E-state index in [4.69, 9.17) is 4.74 Å². The second-order valence-corrected chi connectivity index (χ2v) is 4.90. The molecule has 0 radical (unpaired) electrons. The van der Waals surface area contributed by atoms with Crippen LogP contribution < -0.4 is 10.1 Å². The van der Waals surface area contributed by atoms with Crippen molar-refractivity contribution in [2.45, 2.75) is 33.4 Å². The van der Waals surface area contributed by atoms with E-state index in [0.717, 1.165) is 6.54 Å². The van der Waals surface area contributed by atoms with Gasteiger partial charge in [-0.15, -0.1) is 0 Å². The number of carbonyl (C=O) groups is 1. The molecule has 0 unspecified atom stereocenters. The summed E-state index contributed by atoms with van der Waals surface area (Å²) in [4.78, 5) is 13.4.